The van der Waals surface area contributed by atoms with E-state index in [1.54, 1.807) is 6.07 Å². The summed E-state index contributed by atoms with van der Waals surface area (Å²) in [6.45, 7) is 6.97. The second-order valence-corrected chi connectivity index (χ2v) is 5.30. The Morgan fingerprint density at radius 2 is 1.81 bits per heavy atom. The van der Waals surface area contributed by atoms with E-state index in [2.05, 4.69) is 37.4 Å². The molecule has 2 aromatic carbocycles. The van der Waals surface area contributed by atoms with Crippen LogP contribution in [0.3, 0.4) is 0 Å². The molecule has 0 aliphatic heterocycles. The molecule has 0 saturated heterocycles. The van der Waals surface area contributed by atoms with Crippen molar-refractivity contribution in [1.82, 2.24) is 0 Å². The fourth-order valence-electron chi connectivity index (χ4n) is 2.29. The van der Waals surface area contributed by atoms with Crippen LogP contribution in [-0.4, -0.2) is 13.1 Å². The summed E-state index contributed by atoms with van der Waals surface area (Å²) < 4.78 is 4.73. The molecule has 2 rings (SSSR count). The van der Waals surface area contributed by atoms with E-state index in [1.165, 1.54) is 23.8 Å². The third kappa shape index (κ3) is 3.63. The van der Waals surface area contributed by atoms with Gasteiger partial charge in [-0.3, -0.25) is 0 Å². The normalized spacial score (nSPS) is 10.3. The molecule has 0 atom stereocenters. The molecule has 0 aromatic heterocycles. The number of carbonyl (C=O) groups excluding carboxylic acids is 1. The van der Waals surface area contributed by atoms with E-state index in [0.717, 1.165) is 17.8 Å². The number of anilines is 1. The van der Waals surface area contributed by atoms with Crippen LogP contribution in [0.5, 0.6) is 0 Å². The zero-order valence-electron chi connectivity index (χ0n) is 13.0. The van der Waals surface area contributed by atoms with Crippen LogP contribution in [-0.2, 0) is 11.3 Å². The maximum absolute atomic E-state index is 11.5. The van der Waals surface area contributed by atoms with Crippen LogP contribution < -0.4 is 5.32 Å². The van der Waals surface area contributed by atoms with Gasteiger partial charge in [0.1, 0.15) is 0 Å². The van der Waals surface area contributed by atoms with Crippen molar-refractivity contribution in [3.05, 3.63) is 64.2 Å². The van der Waals surface area contributed by atoms with Crippen LogP contribution in [0, 0.1) is 20.8 Å². The van der Waals surface area contributed by atoms with Gasteiger partial charge in [-0.15, -0.1) is 0 Å². The van der Waals surface area contributed by atoms with Gasteiger partial charge in [-0.2, -0.15) is 0 Å². The largest absolute Gasteiger partial charge is 0.465 e. The van der Waals surface area contributed by atoms with Crippen molar-refractivity contribution in [3.63, 3.8) is 0 Å². The van der Waals surface area contributed by atoms with Crippen molar-refractivity contribution in [1.29, 1.82) is 0 Å². The molecule has 0 spiro atoms. The number of benzene rings is 2. The molecule has 21 heavy (non-hydrogen) atoms. The summed E-state index contributed by atoms with van der Waals surface area (Å²) in [4.78, 5) is 11.5. The summed E-state index contributed by atoms with van der Waals surface area (Å²) in [6.07, 6.45) is 0. The maximum Gasteiger partial charge on any atom is 0.337 e. The minimum absolute atomic E-state index is 0.306. The molecular formula is C18H21NO2. The molecule has 110 valence electrons. The molecule has 0 heterocycles. The zero-order valence-corrected chi connectivity index (χ0v) is 13.0. The Bertz CT molecular complexity index is 662. The first kappa shape index (κ1) is 15.1. The predicted molar refractivity (Wildman–Crippen MR) is 85.8 cm³/mol. The molecule has 0 unspecified atom stereocenters. The molecule has 0 saturated carbocycles. The number of nitrogens with one attached hydrogen (secondary N) is 1. The number of carbonyl (C=O) groups is 1. The SMILES string of the molecule is COC(=O)c1ccc(NCc2cc(C)ccc2C)c(C)c1. The first-order valence-electron chi connectivity index (χ1n) is 7.00. The van der Waals surface area contributed by atoms with Gasteiger partial charge in [0.05, 0.1) is 12.7 Å². The number of ether oxygens (including phenoxy) is 1. The minimum Gasteiger partial charge on any atom is -0.465 e. The van der Waals surface area contributed by atoms with E-state index in [9.17, 15) is 4.79 Å². The van der Waals surface area contributed by atoms with Crippen LogP contribution in [0.1, 0.15) is 32.6 Å². The van der Waals surface area contributed by atoms with E-state index in [4.69, 9.17) is 4.74 Å². The maximum atomic E-state index is 11.5. The number of hydrogen-bond donors (Lipinski definition) is 1. The topological polar surface area (TPSA) is 38.3 Å². The minimum atomic E-state index is -0.306. The van der Waals surface area contributed by atoms with E-state index in [1.807, 2.05) is 19.1 Å². The number of rotatable bonds is 4. The monoisotopic (exact) mass is 283 g/mol. The number of hydrogen-bond acceptors (Lipinski definition) is 3. The van der Waals surface area contributed by atoms with E-state index >= 15 is 0 Å². The summed E-state index contributed by atoms with van der Waals surface area (Å²) in [5, 5.41) is 3.43. The Morgan fingerprint density at radius 3 is 2.48 bits per heavy atom. The highest BCUT2D eigenvalue weighted by Crippen LogP contribution is 2.19. The highest BCUT2D eigenvalue weighted by atomic mass is 16.5. The van der Waals surface area contributed by atoms with Crippen molar-refractivity contribution in [2.45, 2.75) is 27.3 Å². The summed E-state index contributed by atoms with van der Waals surface area (Å²) in [7, 11) is 1.39. The van der Waals surface area contributed by atoms with Crippen molar-refractivity contribution < 1.29 is 9.53 Å². The highest BCUT2D eigenvalue weighted by molar-refractivity contribution is 5.90. The lowest BCUT2D eigenvalue weighted by atomic mass is 10.0. The Morgan fingerprint density at radius 1 is 1.05 bits per heavy atom. The van der Waals surface area contributed by atoms with Crippen molar-refractivity contribution in [3.8, 4) is 0 Å². The number of methoxy groups -OCH3 is 1. The molecule has 2 aromatic rings. The van der Waals surface area contributed by atoms with Gasteiger partial charge in [0.15, 0.2) is 0 Å². The average molecular weight is 283 g/mol. The van der Waals surface area contributed by atoms with Crippen molar-refractivity contribution in [2.75, 3.05) is 12.4 Å². The summed E-state index contributed by atoms with van der Waals surface area (Å²) in [5.41, 5.74) is 6.46. The standard InChI is InChI=1S/C18H21NO2/c1-12-5-6-13(2)16(9-12)11-19-17-8-7-15(10-14(17)3)18(20)21-4/h5-10,19H,11H2,1-4H3. The Hall–Kier alpha value is -2.29. The van der Waals surface area contributed by atoms with E-state index in [-0.39, 0.29) is 5.97 Å². The molecule has 0 aliphatic rings. The first-order chi connectivity index (χ1) is 10.0. The fraction of sp³-hybridized carbons (Fsp3) is 0.278. The summed E-state index contributed by atoms with van der Waals surface area (Å²) in [6, 6.07) is 12.0. The molecule has 0 aliphatic carbocycles. The molecule has 0 radical (unpaired) electrons. The van der Waals surface area contributed by atoms with Gasteiger partial charge in [0.25, 0.3) is 0 Å². The third-order valence-corrected chi connectivity index (χ3v) is 3.62. The second kappa shape index (κ2) is 6.44. The van der Waals surface area contributed by atoms with Crippen LogP contribution in [0.2, 0.25) is 0 Å². The van der Waals surface area contributed by atoms with Gasteiger partial charge < -0.3 is 10.1 Å². The molecule has 0 bridgehead atoms. The fourth-order valence-corrected chi connectivity index (χ4v) is 2.29. The van der Waals surface area contributed by atoms with Gasteiger partial charge in [-0.05, 0) is 55.7 Å². The number of esters is 1. The molecule has 0 amide bonds. The highest BCUT2D eigenvalue weighted by Gasteiger charge is 2.07. The van der Waals surface area contributed by atoms with E-state index < -0.39 is 0 Å². The Balaban J connectivity index is 2.13. The van der Waals surface area contributed by atoms with Gasteiger partial charge in [0, 0.05) is 12.2 Å². The smallest absolute Gasteiger partial charge is 0.337 e. The van der Waals surface area contributed by atoms with Crippen molar-refractivity contribution >= 4 is 11.7 Å². The van der Waals surface area contributed by atoms with Crippen molar-refractivity contribution in [2.24, 2.45) is 0 Å². The van der Waals surface area contributed by atoms with Crippen LogP contribution >= 0.6 is 0 Å². The van der Waals surface area contributed by atoms with Gasteiger partial charge in [-0.25, -0.2) is 4.79 Å². The second-order valence-electron chi connectivity index (χ2n) is 5.30. The van der Waals surface area contributed by atoms with Crippen LogP contribution in [0.25, 0.3) is 0 Å². The third-order valence-electron chi connectivity index (χ3n) is 3.62. The molecular weight excluding hydrogens is 262 g/mol. The first-order valence-corrected chi connectivity index (χ1v) is 7.00. The summed E-state index contributed by atoms with van der Waals surface area (Å²) in [5.74, 6) is -0.306. The Labute approximate surface area is 126 Å². The quantitative estimate of drug-likeness (QED) is 0.862. The van der Waals surface area contributed by atoms with Crippen LogP contribution in [0.4, 0.5) is 5.69 Å². The van der Waals surface area contributed by atoms with Gasteiger partial charge >= 0.3 is 5.97 Å². The van der Waals surface area contributed by atoms with Gasteiger partial charge in [0.2, 0.25) is 0 Å². The zero-order chi connectivity index (χ0) is 15.4. The van der Waals surface area contributed by atoms with E-state index in [0.29, 0.717) is 5.56 Å². The lowest BCUT2D eigenvalue weighted by Crippen LogP contribution is -2.05. The predicted octanol–water partition coefficient (Wildman–Crippen LogP) is 4.01. The Kier molecular flexibility index (Phi) is 4.63. The molecule has 3 nitrogen and oxygen atoms in total. The molecule has 1 N–H and O–H groups in total. The number of aryl methyl sites for hydroxylation is 3. The molecule has 0 fully saturated rings. The van der Waals surface area contributed by atoms with Gasteiger partial charge in [-0.1, -0.05) is 23.8 Å². The average Bonchev–Trinajstić information content (AvgIpc) is 2.48. The lowest BCUT2D eigenvalue weighted by molar-refractivity contribution is 0.0600. The summed E-state index contributed by atoms with van der Waals surface area (Å²) >= 11 is 0. The van der Waals surface area contributed by atoms with Crippen LogP contribution in [0.15, 0.2) is 36.4 Å². The molecule has 3 heteroatoms. The lowest BCUT2D eigenvalue weighted by Gasteiger charge is -2.13.